The molecule has 1 fully saturated rings. The predicted octanol–water partition coefficient (Wildman–Crippen LogP) is 2.57. The van der Waals surface area contributed by atoms with Crippen molar-refractivity contribution in [2.24, 2.45) is 0 Å². The molecule has 1 aliphatic heterocycles. The summed E-state index contributed by atoms with van der Waals surface area (Å²) in [6.07, 6.45) is 2.83. The first-order valence-corrected chi connectivity index (χ1v) is 10.9. The van der Waals surface area contributed by atoms with Crippen LogP contribution in [0.4, 0.5) is 0 Å². The third-order valence-corrected chi connectivity index (χ3v) is 7.87. The molecule has 1 aliphatic rings. The number of sulfonamides is 1. The number of benzene rings is 1. The van der Waals surface area contributed by atoms with Crippen molar-refractivity contribution >= 4 is 27.3 Å². The lowest BCUT2D eigenvalue weighted by atomic mass is 10.1. The quantitative estimate of drug-likeness (QED) is 0.763. The summed E-state index contributed by atoms with van der Waals surface area (Å²) in [5.74, 6) is -0.142. The number of nitrogens with zero attached hydrogens (tertiary/aromatic N) is 1. The monoisotopic (exact) mass is 410 g/mol. The van der Waals surface area contributed by atoms with Gasteiger partial charge in [-0.05, 0) is 43.2 Å². The number of phenolic OH excluding ortho intramolecular Hbond substituents is 1. The zero-order valence-corrected chi connectivity index (χ0v) is 16.6. The number of ether oxygens (including phenoxy) is 1. The van der Waals surface area contributed by atoms with Gasteiger partial charge >= 0.3 is 0 Å². The first-order valence-electron chi connectivity index (χ1n) is 8.66. The Labute approximate surface area is 162 Å². The van der Waals surface area contributed by atoms with Gasteiger partial charge in [0.05, 0.1) is 19.2 Å². The van der Waals surface area contributed by atoms with Crippen molar-refractivity contribution in [3.63, 3.8) is 0 Å². The number of amides is 1. The fourth-order valence-corrected chi connectivity index (χ4v) is 5.88. The van der Waals surface area contributed by atoms with Gasteiger partial charge in [0.15, 0.2) is 0 Å². The predicted molar refractivity (Wildman–Crippen MR) is 103 cm³/mol. The zero-order chi connectivity index (χ0) is 19.4. The van der Waals surface area contributed by atoms with E-state index in [-0.39, 0.29) is 22.1 Å². The summed E-state index contributed by atoms with van der Waals surface area (Å²) in [7, 11) is -1.99. The van der Waals surface area contributed by atoms with Crippen molar-refractivity contribution in [3.05, 3.63) is 40.8 Å². The maximum Gasteiger partial charge on any atom is 0.255 e. The molecule has 0 atom stereocenters. The van der Waals surface area contributed by atoms with Gasteiger partial charge in [-0.15, -0.1) is 11.3 Å². The van der Waals surface area contributed by atoms with Gasteiger partial charge in [0, 0.05) is 18.0 Å². The molecule has 3 rings (SSSR count). The molecule has 1 saturated heterocycles. The Bertz CT molecular complexity index is 918. The number of piperidine rings is 1. The second-order valence-corrected chi connectivity index (χ2v) is 9.58. The molecule has 2 heterocycles. The van der Waals surface area contributed by atoms with Gasteiger partial charge in [0.2, 0.25) is 0 Å². The molecule has 2 N–H and O–H groups in total. The van der Waals surface area contributed by atoms with Crippen molar-refractivity contribution < 1.29 is 23.1 Å². The number of hydrogen-bond acceptors (Lipinski definition) is 6. The number of carbonyl (C=O) groups is 1. The van der Waals surface area contributed by atoms with Crippen LogP contribution in [-0.4, -0.2) is 43.9 Å². The van der Waals surface area contributed by atoms with Gasteiger partial charge < -0.3 is 15.2 Å². The Hall–Kier alpha value is -2.10. The maximum atomic E-state index is 12.7. The molecule has 1 amide bonds. The van der Waals surface area contributed by atoms with Crippen LogP contribution in [0.5, 0.6) is 11.5 Å². The number of phenols is 1. The lowest BCUT2D eigenvalue weighted by Gasteiger charge is -2.25. The molecule has 0 spiro atoms. The van der Waals surface area contributed by atoms with Crippen LogP contribution in [-0.2, 0) is 16.6 Å². The summed E-state index contributed by atoms with van der Waals surface area (Å²) in [5, 5.41) is 12.6. The third-order valence-electron chi connectivity index (χ3n) is 4.42. The van der Waals surface area contributed by atoms with E-state index >= 15 is 0 Å². The van der Waals surface area contributed by atoms with E-state index in [2.05, 4.69) is 5.32 Å². The molecule has 0 bridgehead atoms. The number of aromatic hydroxyl groups is 1. The lowest BCUT2D eigenvalue weighted by Crippen LogP contribution is -2.35. The van der Waals surface area contributed by atoms with E-state index in [1.54, 1.807) is 18.2 Å². The fourth-order valence-electron chi connectivity index (χ4n) is 2.91. The topological polar surface area (TPSA) is 95.9 Å². The van der Waals surface area contributed by atoms with Gasteiger partial charge in [0.1, 0.15) is 15.7 Å². The van der Waals surface area contributed by atoms with Crippen LogP contribution in [0.25, 0.3) is 0 Å². The Balaban J connectivity index is 1.67. The first-order chi connectivity index (χ1) is 12.9. The Morgan fingerprint density at radius 3 is 2.67 bits per heavy atom. The Morgan fingerprint density at radius 2 is 1.96 bits per heavy atom. The second-order valence-electron chi connectivity index (χ2n) is 6.25. The Morgan fingerprint density at radius 1 is 1.22 bits per heavy atom. The number of nitrogens with one attached hydrogen (secondary N) is 1. The summed E-state index contributed by atoms with van der Waals surface area (Å²) in [6, 6.07) is 7.68. The fraction of sp³-hybridized carbons (Fsp3) is 0.389. The van der Waals surface area contributed by atoms with Crippen LogP contribution in [0.2, 0.25) is 0 Å². The minimum Gasteiger partial charge on any atom is -0.507 e. The number of methoxy groups -OCH3 is 1. The SMILES string of the molecule is COc1ccc(O)c(C(=O)NCc2ccc(S(=O)(=O)N3CCCCC3)s2)c1. The molecular formula is C18H22N2O5S2. The molecule has 0 aliphatic carbocycles. The molecule has 0 radical (unpaired) electrons. The summed E-state index contributed by atoms with van der Waals surface area (Å²) < 4.78 is 32.2. The van der Waals surface area contributed by atoms with Crippen molar-refractivity contribution in [2.75, 3.05) is 20.2 Å². The van der Waals surface area contributed by atoms with Crippen LogP contribution in [0, 0.1) is 0 Å². The summed E-state index contributed by atoms with van der Waals surface area (Å²) in [4.78, 5) is 13.0. The maximum absolute atomic E-state index is 12.7. The summed E-state index contributed by atoms with van der Waals surface area (Å²) in [5.41, 5.74) is 0.104. The highest BCUT2D eigenvalue weighted by molar-refractivity contribution is 7.91. The van der Waals surface area contributed by atoms with Gasteiger partial charge in [-0.2, -0.15) is 4.31 Å². The van der Waals surface area contributed by atoms with Gasteiger partial charge in [-0.1, -0.05) is 6.42 Å². The summed E-state index contributed by atoms with van der Waals surface area (Å²) in [6.45, 7) is 1.29. The van der Waals surface area contributed by atoms with Crippen LogP contribution >= 0.6 is 11.3 Å². The number of rotatable bonds is 6. The molecule has 146 valence electrons. The number of hydrogen-bond donors (Lipinski definition) is 2. The summed E-state index contributed by atoms with van der Waals surface area (Å²) >= 11 is 1.15. The Kier molecular flexibility index (Phi) is 6.03. The van der Waals surface area contributed by atoms with Crippen LogP contribution < -0.4 is 10.1 Å². The molecule has 1 aromatic heterocycles. The van der Waals surface area contributed by atoms with E-state index in [1.165, 1.54) is 23.5 Å². The lowest BCUT2D eigenvalue weighted by molar-refractivity contribution is 0.0948. The number of carbonyl (C=O) groups excluding carboxylic acids is 1. The molecule has 7 nitrogen and oxygen atoms in total. The molecule has 27 heavy (non-hydrogen) atoms. The van der Waals surface area contributed by atoms with E-state index in [1.807, 2.05) is 0 Å². The van der Waals surface area contributed by atoms with E-state index < -0.39 is 15.9 Å². The van der Waals surface area contributed by atoms with E-state index in [0.29, 0.717) is 18.8 Å². The molecular weight excluding hydrogens is 388 g/mol. The van der Waals surface area contributed by atoms with E-state index in [0.717, 1.165) is 35.5 Å². The molecule has 9 heteroatoms. The minimum atomic E-state index is -3.47. The minimum absolute atomic E-state index is 0.104. The normalized spacial score (nSPS) is 15.4. The van der Waals surface area contributed by atoms with Gasteiger partial charge in [0.25, 0.3) is 15.9 Å². The average molecular weight is 411 g/mol. The smallest absolute Gasteiger partial charge is 0.255 e. The molecule has 0 unspecified atom stereocenters. The van der Waals surface area contributed by atoms with Crippen LogP contribution in [0.3, 0.4) is 0 Å². The largest absolute Gasteiger partial charge is 0.507 e. The molecule has 1 aromatic carbocycles. The highest BCUT2D eigenvalue weighted by atomic mass is 32.2. The average Bonchev–Trinajstić information content (AvgIpc) is 3.17. The van der Waals surface area contributed by atoms with E-state index in [9.17, 15) is 18.3 Å². The standard InChI is InChI=1S/C18H22N2O5S2/c1-25-13-5-7-16(21)15(11-13)18(22)19-12-14-6-8-17(26-14)27(23,24)20-9-3-2-4-10-20/h5-8,11,21H,2-4,9-10,12H2,1H3,(H,19,22). The highest BCUT2D eigenvalue weighted by Gasteiger charge is 2.27. The zero-order valence-electron chi connectivity index (χ0n) is 15.0. The highest BCUT2D eigenvalue weighted by Crippen LogP contribution is 2.27. The van der Waals surface area contributed by atoms with Gasteiger partial charge in [-0.3, -0.25) is 4.79 Å². The van der Waals surface area contributed by atoms with Gasteiger partial charge in [-0.25, -0.2) is 8.42 Å². The number of thiophene rings is 1. The van der Waals surface area contributed by atoms with Crippen molar-refractivity contribution in [3.8, 4) is 11.5 Å². The van der Waals surface area contributed by atoms with Crippen molar-refractivity contribution in [2.45, 2.75) is 30.0 Å². The first kappa shape index (κ1) is 19.7. The molecule has 2 aromatic rings. The van der Waals surface area contributed by atoms with Crippen molar-refractivity contribution in [1.82, 2.24) is 9.62 Å². The van der Waals surface area contributed by atoms with Crippen LogP contribution in [0.15, 0.2) is 34.5 Å². The van der Waals surface area contributed by atoms with Crippen LogP contribution in [0.1, 0.15) is 34.5 Å². The van der Waals surface area contributed by atoms with E-state index in [4.69, 9.17) is 4.74 Å². The van der Waals surface area contributed by atoms with Crippen molar-refractivity contribution in [1.29, 1.82) is 0 Å². The third kappa shape index (κ3) is 4.42. The molecule has 0 saturated carbocycles. The second kappa shape index (κ2) is 8.28.